The number of nitrogens with two attached hydrogens (primary N) is 1. The molecular weight excluding hydrogens is 568 g/mol. The fraction of sp³-hybridized carbons (Fsp3) is 0.471. The number of aromatic nitrogens is 4. The zero-order chi connectivity index (χ0) is 31.2. The highest BCUT2D eigenvalue weighted by Gasteiger charge is 2.61. The normalized spacial score (nSPS) is 25.6. The topological polar surface area (TPSA) is 132 Å². The molecule has 3 fully saturated rings. The zero-order valence-electron chi connectivity index (χ0n) is 26.1. The third-order valence-corrected chi connectivity index (χ3v) is 9.28. The Kier molecular flexibility index (Phi) is 7.71. The molecule has 1 aliphatic carbocycles. The van der Waals surface area contributed by atoms with Gasteiger partial charge in [0.15, 0.2) is 28.5 Å². The lowest BCUT2D eigenvalue weighted by Crippen LogP contribution is -2.53. The van der Waals surface area contributed by atoms with Crippen LogP contribution in [0.3, 0.4) is 0 Å². The molecule has 4 atom stereocenters. The van der Waals surface area contributed by atoms with Gasteiger partial charge in [0.2, 0.25) is 11.9 Å². The number of ether oxygens (including phenoxy) is 2. The second-order valence-electron chi connectivity index (χ2n) is 12.9. The molecule has 45 heavy (non-hydrogen) atoms. The molecule has 11 heteroatoms. The van der Waals surface area contributed by atoms with E-state index in [9.17, 15) is 4.79 Å². The van der Waals surface area contributed by atoms with Crippen LogP contribution in [0.2, 0.25) is 0 Å². The summed E-state index contributed by atoms with van der Waals surface area (Å²) in [7, 11) is 0. The third-order valence-electron chi connectivity index (χ3n) is 9.28. The molecule has 2 aromatic heterocycles. The maximum absolute atomic E-state index is 12.6. The number of hydrogen-bond donors (Lipinski definition) is 3. The minimum atomic E-state index is -0.908. The fourth-order valence-electron chi connectivity index (χ4n) is 7.17. The van der Waals surface area contributed by atoms with Crippen LogP contribution >= 0.6 is 0 Å². The van der Waals surface area contributed by atoms with Gasteiger partial charge in [-0.1, -0.05) is 67.6 Å². The minimum absolute atomic E-state index is 0.0645. The Morgan fingerprint density at radius 2 is 1.78 bits per heavy atom. The molecule has 0 bridgehead atoms. The van der Waals surface area contributed by atoms with E-state index in [0.29, 0.717) is 43.2 Å². The molecular formula is C34H42N8O3. The van der Waals surface area contributed by atoms with Crippen LogP contribution < -0.4 is 21.3 Å². The van der Waals surface area contributed by atoms with Crippen LogP contribution in [0.25, 0.3) is 11.2 Å². The van der Waals surface area contributed by atoms with Crippen molar-refractivity contribution in [2.45, 2.75) is 82.1 Å². The molecule has 2 aromatic carbocycles. The van der Waals surface area contributed by atoms with Crippen LogP contribution in [0, 0.1) is 0 Å². The number of benzene rings is 2. The Hall–Kier alpha value is -4.06. The Balaban J connectivity index is 1.27. The maximum Gasteiger partial charge on any atom is 0.229 e. The van der Waals surface area contributed by atoms with Gasteiger partial charge >= 0.3 is 0 Å². The molecule has 4 aromatic rings. The number of nitrogens with zero attached hydrogens (tertiary/aromatic N) is 5. The number of imidazole rings is 1. The number of amides is 1. The Labute approximate surface area is 263 Å². The predicted molar refractivity (Wildman–Crippen MR) is 173 cm³/mol. The maximum atomic E-state index is 12.6. The van der Waals surface area contributed by atoms with E-state index in [1.54, 1.807) is 0 Å². The fourth-order valence-corrected chi connectivity index (χ4v) is 7.17. The van der Waals surface area contributed by atoms with E-state index in [0.717, 1.165) is 25.0 Å². The van der Waals surface area contributed by atoms with E-state index in [2.05, 4.69) is 68.6 Å². The Bertz CT molecular complexity index is 1620. The highest BCUT2D eigenvalue weighted by atomic mass is 16.8. The van der Waals surface area contributed by atoms with Crippen molar-refractivity contribution in [2.75, 3.05) is 29.9 Å². The second kappa shape index (κ2) is 11.7. The van der Waals surface area contributed by atoms with Crippen molar-refractivity contribution < 1.29 is 14.3 Å². The molecule has 3 aliphatic rings. The number of nitrogens with one attached hydrogen (secondary N) is 2. The summed E-state index contributed by atoms with van der Waals surface area (Å²) in [5.41, 5.74) is 9.24. The first-order valence-electron chi connectivity index (χ1n) is 16.0. The number of rotatable bonds is 9. The van der Waals surface area contributed by atoms with Gasteiger partial charge in [-0.25, -0.2) is 4.98 Å². The molecule has 236 valence electrons. The predicted octanol–water partition coefficient (Wildman–Crippen LogP) is 4.32. The summed E-state index contributed by atoms with van der Waals surface area (Å²) in [6, 6.07) is 21.0. The minimum Gasteiger partial charge on any atom is -0.367 e. The van der Waals surface area contributed by atoms with E-state index in [1.165, 1.54) is 11.1 Å². The first-order chi connectivity index (χ1) is 21.7. The van der Waals surface area contributed by atoms with E-state index in [-0.39, 0.29) is 23.9 Å². The van der Waals surface area contributed by atoms with Gasteiger partial charge in [0.05, 0.1) is 12.4 Å². The van der Waals surface area contributed by atoms with Gasteiger partial charge in [-0.15, -0.1) is 0 Å². The molecule has 7 rings (SSSR count). The lowest BCUT2D eigenvalue weighted by Gasteiger charge is -2.30. The molecule has 11 nitrogen and oxygen atoms in total. The van der Waals surface area contributed by atoms with Crippen LogP contribution in [-0.4, -0.2) is 68.7 Å². The summed E-state index contributed by atoms with van der Waals surface area (Å²) in [5.74, 6) is 0.502. The van der Waals surface area contributed by atoms with Gasteiger partial charge in [0.25, 0.3) is 0 Å². The van der Waals surface area contributed by atoms with Crippen LogP contribution in [0.5, 0.6) is 0 Å². The lowest BCUT2D eigenvalue weighted by molar-refractivity contribution is -0.177. The van der Waals surface area contributed by atoms with E-state index < -0.39 is 17.6 Å². The highest BCUT2D eigenvalue weighted by molar-refractivity contribution is 5.84. The zero-order valence-corrected chi connectivity index (χ0v) is 26.1. The molecule has 4 heterocycles. The summed E-state index contributed by atoms with van der Waals surface area (Å²) in [6.45, 7) is 7.73. The molecule has 1 unspecified atom stereocenters. The van der Waals surface area contributed by atoms with Crippen molar-refractivity contribution in [1.29, 1.82) is 0 Å². The number of hydrogen-bond acceptors (Lipinski definition) is 9. The standard InChI is InChI=1S/C34H42N8O3/c1-4-27(43)40-34-17-15-26(29(34)44-33(2,3)45-34)42-21-37-28-30(38-32(39-31(28)42)41-18-16-24(35)20-41)36-19-25(22-11-7-5-8-12-22)23-13-9-6-10-14-23/h5-14,21,24-26,29H,4,15-20,35H2,1-3H3,(H,40,43)(H,36,38,39)/t24?,26-,29+,34-/m1/s1. The van der Waals surface area contributed by atoms with Gasteiger partial charge in [-0.05, 0) is 37.8 Å². The SMILES string of the molecule is CCC(=O)N[C@@]12CC[C@@H](n3cnc4c(NCC(c5ccccc5)c5ccccc5)nc(N5CCC(N)C5)nc43)[C@@H]1OC(C)(C)O2. The molecule has 2 aliphatic heterocycles. The smallest absolute Gasteiger partial charge is 0.229 e. The summed E-state index contributed by atoms with van der Waals surface area (Å²) in [6.07, 6.45) is 4.03. The van der Waals surface area contributed by atoms with Crippen molar-refractivity contribution in [1.82, 2.24) is 24.8 Å². The summed E-state index contributed by atoms with van der Waals surface area (Å²) in [5, 5.41) is 6.82. The van der Waals surface area contributed by atoms with Gasteiger partial charge in [0.1, 0.15) is 6.10 Å². The number of anilines is 2. The van der Waals surface area contributed by atoms with Crippen molar-refractivity contribution >= 4 is 28.8 Å². The van der Waals surface area contributed by atoms with Crippen LogP contribution in [0.1, 0.15) is 69.5 Å². The van der Waals surface area contributed by atoms with Crippen molar-refractivity contribution in [3.63, 3.8) is 0 Å². The average molecular weight is 611 g/mol. The van der Waals surface area contributed by atoms with Crippen LogP contribution in [-0.2, 0) is 14.3 Å². The second-order valence-corrected chi connectivity index (χ2v) is 12.9. The molecule has 1 amide bonds. The molecule has 0 radical (unpaired) electrons. The molecule has 2 saturated heterocycles. The number of fused-ring (bicyclic) bond motifs is 2. The summed E-state index contributed by atoms with van der Waals surface area (Å²) >= 11 is 0. The van der Waals surface area contributed by atoms with Crippen LogP contribution in [0.4, 0.5) is 11.8 Å². The van der Waals surface area contributed by atoms with E-state index >= 15 is 0 Å². The summed E-state index contributed by atoms with van der Waals surface area (Å²) < 4.78 is 15.0. The number of carbonyl (C=O) groups is 1. The Morgan fingerprint density at radius 3 is 2.42 bits per heavy atom. The highest BCUT2D eigenvalue weighted by Crippen LogP contribution is 2.50. The van der Waals surface area contributed by atoms with E-state index in [1.807, 2.05) is 39.2 Å². The van der Waals surface area contributed by atoms with Gasteiger partial charge in [-0.2, -0.15) is 9.97 Å². The third kappa shape index (κ3) is 5.64. The molecule has 0 spiro atoms. The van der Waals surface area contributed by atoms with Crippen LogP contribution in [0.15, 0.2) is 67.0 Å². The van der Waals surface area contributed by atoms with Gasteiger partial charge in [0, 0.05) is 44.4 Å². The Morgan fingerprint density at radius 1 is 1.07 bits per heavy atom. The number of carbonyl (C=O) groups excluding carboxylic acids is 1. The quantitative estimate of drug-likeness (QED) is 0.254. The van der Waals surface area contributed by atoms with Gasteiger partial charge in [-0.3, -0.25) is 4.79 Å². The molecule has 1 saturated carbocycles. The average Bonchev–Trinajstić information content (AvgIpc) is 3.79. The first kappa shape index (κ1) is 29.6. The van der Waals surface area contributed by atoms with Crippen molar-refractivity contribution in [3.05, 3.63) is 78.1 Å². The lowest BCUT2D eigenvalue weighted by atomic mass is 9.91. The summed E-state index contributed by atoms with van der Waals surface area (Å²) in [4.78, 5) is 29.7. The van der Waals surface area contributed by atoms with Gasteiger partial charge < -0.3 is 35.3 Å². The van der Waals surface area contributed by atoms with Crippen molar-refractivity contribution in [2.24, 2.45) is 5.73 Å². The van der Waals surface area contributed by atoms with E-state index in [4.69, 9.17) is 30.2 Å². The monoisotopic (exact) mass is 610 g/mol. The molecule has 4 N–H and O–H groups in total. The largest absolute Gasteiger partial charge is 0.367 e. The van der Waals surface area contributed by atoms with Crippen molar-refractivity contribution in [3.8, 4) is 0 Å². The first-order valence-corrected chi connectivity index (χ1v) is 16.0.